The van der Waals surface area contributed by atoms with Crippen LogP contribution in [0.2, 0.25) is 10.0 Å². The highest BCUT2D eigenvalue weighted by molar-refractivity contribution is 6.45. The number of carboxylic acids is 1. The number of halogens is 2. The first-order valence-electron chi connectivity index (χ1n) is 11.8. The number of hydrogen-bond acceptors (Lipinski definition) is 3. The normalized spacial score (nSPS) is 19.5. The molecule has 2 saturated carbocycles. The van der Waals surface area contributed by atoms with Gasteiger partial charge in [-0.3, -0.25) is 9.59 Å². The summed E-state index contributed by atoms with van der Waals surface area (Å²) in [6.45, 7) is 0.455. The highest BCUT2D eigenvalue weighted by atomic mass is 35.5. The molecule has 0 amide bonds. The highest BCUT2D eigenvalue weighted by Crippen LogP contribution is 2.52. The van der Waals surface area contributed by atoms with Gasteiger partial charge in [0.1, 0.15) is 10.8 Å². The molecule has 0 aliphatic heterocycles. The molecule has 0 heterocycles. The van der Waals surface area contributed by atoms with Crippen molar-refractivity contribution in [2.24, 2.45) is 17.3 Å². The van der Waals surface area contributed by atoms with Crippen molar-refractivity contribution in [2.45, 2.75) is 83.5 Å². The Kier molecular flexibility index (Phi) is 7.17. The predicted octanol–water partition coefficient (Wildman–Crippen LogP) is 7.12. The minimum Gasteiger partial charge on any atom is -0.492 e. The van der Waals surface area contributed by atoms with Crippen molar-refractivity contribution in [1.82, 2.24) is 0 Å². The Balaban J connectivity index is 1.44. The van der Waals surface area contributed by atoms with E-state index >= 15 is 0 Å². The third-order valence-corrected chi connectivity index (χ3v) is 8.09. The first-order valence-corrected chi connectivity index (χ1v) is 12.6. The van der Waals surface area contributed by atoms with Crippen LogP contribution in [0.4, 0.5) is 0 Å². The fraction of sp³-hybridized carbons (Fsp3) is 0.680. The lowest BCUT2D eigenvalue weighted by atomic mass is 9.74. The van der Waals surface area contributed by atoms with E-state index in [1.54, 1.807) is 0 Å². The van der Waals surface area contributed by atoms with Crippen LogP contribution in [0, 0.1) is 17.3 Å². The Labute approximate surface area is 194 Å². The molecular weight excluding hydrogens is 435 g/mol. The molecule has 31 heavy (non-hydrogen) atoms. The number of hydrogen-bond donors (Lipinski definition) is 1. The fourth-order valence-electron chi connectivity index (χ4n) is 4.89. The highest BCUT2D eigenvalue weighted by Gasteiger charge is 2.48. The third-order valence-electron chi connectivity index (χ3n) is 7.24. The van der Waals surface area contributed by atoms with Gasteiger partial charge in [-0.15, -0.1) is 0 Å². The number of ketones is 1. The van der Waals surface area contributed by atoms with Gasteiger partial charge in [-0.1, -0.05) is 48.9 Å². The van der Waals surface area contributed by atoms with Gasteiger partial charge in [0, 0.05) is 17.4 Å². The van der Waals surface area contributed by atoms with Crippen molar-refractivity contribution in [3.8, 4) is 5.75 Å². The first-order chi connectivity index (χ1) is 14.9. The monoisotopic (exact) mass is 466 g/mol. The van der Waals surface area contributed by atoms with Gasteiger partial charge in [-0.05, 0) is 74.8 Å². The molecule has 0 aromatic heterocycles. The molecule has 6 heteroatoms. The summed E-state index contributed by atoms with van der Waals surface area (Å²) < 4.78 is 5.89. The Morgan fingerprint density at radius 1 is 1.03 bits per heavy atom. The van der Waals surface area contributed by atoms with Gasteiger partial charge in [-0.2, -0.15) is 0 Å². The fourth-order valence-corrected chi connectivity index (χ4v) is 5.40. The van der Waals surface area contributed by atoms with Gasteiger partial charge in [-0.25, -0.2) is 0 Å². The molecule has 3 aliphatic rings. The maximum Gasteiger partial charge on any atom is 0.303 e. The van der Waals surface area contributed by atoms with E-state index in [1.807, 2.05) is 6.07 Å². The molecule has 1 aromatic carbocycles. The van der Waals surface area contributed by atoms with E-state index in [9.17, 15) is 9.59 Å². The summed E-state index contributed by atoms with van der Waals surface area (Å²) in [7, 11) is 0. The van der Waals surface area contributed by atoms with Crippen molar-refractivity contribution in [3.63, 3.8) is 0 Å². The number of unbranched alkanes of at least 4 members (excludes halogenated alkanes) is 2. The average Bonchev–Trinajstić information content (AvgIpc) is 3.65. The minimum absolute atomic E-state index is 0.178. The van der Waals surface area contributed by atoms with E-state index < -0.39 is 5.97 Å². The number of aliphatic carboxylic acids is 1. The van der Waals surface area contributed by atoms with Crippen LogP contribution < -0.4 is 4.74 Å². The Morgan fingerprint density at radius 2 is 1.68 bits per heavy atom. The molecule has 4 rings (SSSR count). The van der Waals surface area contributed by atoms with Crippen LogP contribution in [0.25, 0.3) is 0 Å². The average molecular weight is 467 g/mol. The number of carbonyl (C=O) groups is 2. The number of fused-ring (bicyclic) bond motifs is 1. The molecular formula is C25H32Cl2O4. The van der Waals surface area contributed by atoms with E-state index in [0.29, 0.717) is 34.4 Å². The second kappa shape index (κ2) is 9.70. The third kappa shape index (κ3) is 5.57. The second-order valence-corrected chi connectivity index (χ2v) is 10.6. The van der Waals surface area contributed by atoms with Gasteiger partial charge in [0.15, 0.2) is 5.78 Å². The first kappa shape index (κ1) is 22.9. The largest absolute Gasteiger partial charge is 0.492 e. The van der Waals surface area contributed by atoms with Gasteiger partial charge < -0.3 is 9.84 Å². The molecule has 1 N–H and O–H groups in total. The molecule has 0 saturated heterocycles. The lowest BCUT2D eigenvalue weighted by Gasteiger charge is -2.27. The zero-order valence-electron chi connectivity index (χ0n) is 18.1. The quantitative estimate of drug-likeness (QED) is 0.314. The maximum absolute atomic E-state index is 13.6. The number of rotatable bonds is 13. The summed E-state index contributed by atoms with van der Waals surface area (Å²) in [5, 5.41) is 9.38. The van der Waals surface area contributed by atoms with Gasteiger partial charge in [0.25, 0.3) is 0 Å². The Hall–Kier alpha value is -1.26. The van der Waals surface area contributed by atoms with Crippen LogP contribution in [0.1, 0.15) is 93.0 Å². The molecule has 0 bridgehead atoms. The van der Waals surface area contributed by atoms with E-state index in [-0.39, 0.29) is 17.6 Å². The van der Waals surface area contributed by atoms with E-state index in [2.05, 4.69) is 0 Å². The Morgan fingerprint density at radius 3 is 2.26 bits per heavy atom. The molecule has 3 aliphatic carbocycles. The van der Waals surface area contributed by atoms with Crippen molar-refractivity contribution in [2.75, 3.05) is 6.61 Å². The molecule has 1 aromatic rings. The standard InChI is InChI=1S/C25H32Cl2O4/c26-22-19(31-13-3-1-2-4-20(28)29)14-18-15-25(11-9-16-5-6-16,12-10-17-7-8-17)24(30)21(18)23(22)27/h14,16-17H,1-13,15H2,(H,28,29). The summed E-state index contributed by atoms with van der Waals surface area (Å²) in [4.78, 5) is 24.2. The van der Waals surface area contributed by atoms with Gasteiger partial charge in [0.05, 0.1) is 11.6 Å². The lowest BCUT2D eigenvalue weighted by molar-refractivity contribution is -0.137. The minimum atomic E-state index is -0.772. The summed E-state index contributed by atoms with van der Waals surface area (Å²) in [6, 6.07) is 1.93. The molecule has 0 unspecified atom stereocenters. The van der Waals surface area contributed by atoms with Gasteiger partial charge >= 0.3 is 5.97 Å². The SMILES string of the molecule is O=C(O)CCCCCOc1cc2c(c(Cl)c1Cl)C(=O)C(CCC1CC1)(CCC1CC1)C2. The van der Waals surface area contributed by atoms with Crippen LogP contribution in [0.5, 0.6) is 5.75 Å². The smallest absolute Gasteiger partial charge is 0.303 e. The number of carboxylic acid groups (broad SMARTS) is 1. The molecule has 2 fully saturated rings. The summed E-state index contributed by atoms with van der Waals surface area (Å²) in [5.41, 5.74) is 1.27. The number of ether oxygens (including phenoxy) is 1. The van der Waals surface area contributed by atoms with Crippen LogP contribution in [0.3, 0.4) is 0 Å². The van der Waals surface area contributed by atoms with Crippen LogP contribution in [0.15, 0.2) is 6.07 Å². The summed E-state index contributed by atoms with van der Waals surface area (Å²) >= 11 is 13.1. The molecule has 0 radical (unpaired) electrons. The van der Waals surface area contributed by atoms with E-state index in [1.165, 1.54) is 25.7 Å². The number of carbonyl (C=O) groups excluding carboxylic acids is 1. The van der Waals surface area contributed by atoms with E-state index in [4.69, 9.17) is 33.0 Å². The zero-order valence-corrected chi connectivity index (χ0v) is 19.6. The maximum atomic E-state index is 13.6. The van der Waals surface area contributed by atoms with Crippen molar-refractivity contribution in [3.05, 3.63) is 27.2 Å². The summed E-state index contributed by atoms with van der Waals surface area (Å²) in [5.74, 6) is 1.56. The Bertz CT molecular complexity index is 826. The molecule has 4 nitrogen and oxygen atoms in total. The van der Waals surface area contributed by atoms with Crippen molar-refractivity contribution in [1.29, 1.82) is 0 Å². The molecule has 0 atom stereocenters. The van der Waals surface area contributed by atoms with Crippen LogP contribution in [-0.4, -0.2) is 23.5 Å². The van der Waals surface area contributed by atoms with Crippen LogP contribution >= 0.6 is 23.2 Å². The number of Topliss-reactive ketones (excluding diaryl/α,β-unsaturated/α-hetero) is 1. The second-order valence-electron chi connectivity index (χ2n) is 9.84. The summed E-state index contributed by atoms with van der Waals surface area (Å²) in [6.07, 6.45) is 12.5. The van der Waals surface area contributed by atoms with Gasteiger partial charge in [0.2, 0.25) is 0 Å². The molecule has 0 spiro atoms. The predicted molar refractivity (Wildman–Crippen MR) is 122 cm³/mol. The van der Waals surface area contributed by atoms with E-state index in [0.717, 1.165) is 62.3 Å². The van der Waals surface area contributed by atoms with Crippen LogP contribution in [-0.2, 0) is 11.2 Å². The number of benzene rings is 1. The van der Waals surface area contributed by atoms with Crippen molar-refractivity contribution >= 4 is 35.0 Å². The topological polar surface area (TPSA) is 63.6 Å². The lowest BCUT2D eigenvalue weighted by Crippen LogP contribution is -2.28. The van der Waals surface area contributed by atoms with Crippen molar-refractivity contribution < 1.29 is 19.4 Å². The zero-order chi connectivity index (χ0) is 22.0. The molecule has 170 valence electrons.